The highest BCUT2D eigenvalue weighted by Crippen LogP contribution is 2.27. The molecule has 2 rings (SSSR count). The van der Waals surface area contributed by atoms with Gasteiger partial charge in [-0.15, -0.1) is 0 Å². The number of amides is 1. The van der Waals surface area contributed by atoms with Gasteiger partial charge in [0.1, 0.15) is 0 Å². The topological polar surface area (TPSA) is 41.1 Å². The largest absolute Gasteiger partial charge is 0.376 e. The first-order valence-corrected chi connectivity index (χ1v) is 6.71. The van der Waals surface area contributed by atoms with E-state index in [0.29, 0.717) is 6.54 Å². The van der Waals surface area contributed by atoms with Gasteiger partial charge in [-0.05, 0) is 43.4 Å². The van der Waals surface area contributed by atoms with Crippen molar-refractivity contribution in [1.82, 2.24) is 5.32 Å². The van der Waals surface area contributed by atoms with Crippen LogP contribution in [0.3, 0.4) is 0 Å². The third kappa shape index (κ3) is 4.04. The molecule has 0 radical (unpaired) electrons. The zero-order valence-corrected chi connectivity index (χ0v) is 11.5. The molecule has 0 heterocycles. The molecule has 2 N–H and O–H groups in total. The Morgan fingerprint density at radius 2 is 2.24 bits per heavy atom. The zero-order chi connectivity index (χ0) is 12.3. The molecule has 17 heavy (non-hydrogen) atoms. The van der Waals surface area contributed by atoms with Gasteiger partial charge in [0, 0.05) is 16.7 Å². The van der Waals surface area contributed by atoms with E-state index >= 15 is 0 Å². The maximum Gasteiger partial charge on any atom is 0.239 e. The number of anilines is 1. The van der Waals surface area contributed by atoms with Crippen molar-refractivity contribution in [3.63, 3.8) is 0 Å². The van der Waals surface area contributed by atoms with Gasteiger partial charge in [-0.3, -0.25) is 4.79 Å². The molecule has 0 aliphatic heterocycles. The van der Waals surface area contributed by atoms with Crippen LogP contribution in [-0.4, -0.2) is 19.0 Å². The number of benzene rings is 1. The van der Waals surface area contributed by atoms with Crippen molar-refractivity contribution in [2.24, 2.45) is 5.92 Å². The minimum atomic E-state index is 0.0660. The molecule has 1 aromatic rings. The fourth-order valence-corrected chi connectivity index (χ4v) is 1.96. The fourth-order valence-electron chi connectivity index (χ4n) is 1.60. The van der Waals surface area contributed by atoms with Gasteiger partial charge in [-0.2, -0.15) is 0 Å². The van der Waals surface area contributed by atoms with Crippen molar-refractivity contribution in [2.75, 3.05) is 18.4 Å². The van der Waals surface area contributed by atoms with Crippen LogP contribution in [0.15, 0.2) is 22.7 Å². The number of carbonyl (C=O) groups is 1. The molecule has 1 amide bonds. The Labute approximate surface area is 110 Å². The second kappa shape index (κ2) is 5.54. The van der Waals surface area contributed by atoms with Gasteiger partial charge < -0.3 is 10.6 Å². The normalized spacial score (nSPS) is 14.5. The summed E-state index contributed by atoms with van der Waals surface area (Å²) in [6.07, 6.45) is 2.52. The molecule has 0 unspecified atom stereocenters. The van der Waals surface area contributed by atoms with Gasteiger partial charge in [0.15, 0.2) is 0 Å². The molecule has 0 atom stereocenters. The Hall–Kier alpha value is -1.03. The van der Waals surface area contributed by atoms with Crippen LogP contribution in [-0.2, 0) is 4.79 Å². The molecule has 4 heteroatoms. The average molecular weight is 297 g/mol. The summed E-state index contributed by atoms with van der Waals surface area (Å²) in [5.41, 5.74) is 2.14. The molecule has 1 aliphatic carbocycles. The summed E-state index contributed by atoms with van der Waals surface area (Å²) in [6, 6.07) is 6.01. The maximum atomic E-state index is 11.6. The van der Waals surface area contributed by atoms with E-state index in [0.717, 1.165) is 28.2 Å². The lowest BCUT2D eigenvalue weighted by molar-refractivity contribution is -0.119. The summed E-state index contributed by atoms with van der Waals surface area (Å²) >= 11 is 3.42. The second-order valence-electron chi connectivity index (χ2n) is 4.56. The van der Waals surface area contributed by atoms with E-state index in [4.69, 9.17) is 0 Å². The van der Waals surface area contributed by atoms with Crippen LogP contribution in [0, 0.1) is 12.8 Å². The molecule has 0 bridgehead atoms. The van der Waals surface area contributed by atoms with Gasteiger partial charge in [0.25, 0.3) is 0 Å². The molecule has 1 saturated carbocycles. The highest BCUT2D eigenvalue weighted by atomic mass is 79.9. The number of hydrogen-bond donors (Lipinski definition) is 2. The van der Waals surface area contributed by atoms with Crippen LogP contribution in [0.25, 0.3) is 0 Å². The van der Waals surface area contributed by atoms with Gasteiger partial charge in [0.2, 0.25) is 5.91 Å². The first-order valence-electron chi connectivity index (χ1n) is 5.92. The van der Waals surface area contributed by atoms with Crippen LogP contribution >= 0.6 is 15.9 Å². The van der Waals surface area contributed by atoms with Crippen LogP contribution in [0.5, 0.6) is 0 Å². The molecule has 3 nitrogen and oxygen atoms in total. The first kappa shape index (κ1) is 12.4. The number of aryl methyl sites for hydroxylation is 1. The van der Waals surface area contributed by atoms with Crippen molar-refractivity contribution in [1.29, 1.82) is 0 Å². The first-order chi connectivity index (χ1) is 8.15. The number of hydrogen-bond acceptors (Lipinski definition) is 2. The van der Waals surface area contributed by atoms with Crippen LogP contribution in [0.1, 0.15) is 18.4 Å². The minimum Gasteiger partial charge on any atom is -0.376 e. The van der Waals surface area contributed by atoms with E-state index in [-0.39, 0.29) is 5.91 Å². The predicted octanol–water partition coefficient (Wildman–Crippen LogP) is 2.70. The lowest BCUT2D eigenvalue weighted by Crippen LogP contribution is -2.31. The van der Waals surface area contributed by atoms with Crippen molar-refractivity contribution in [3.05, 3.63) is 28.2 Å². The summed E-state index contributed by atoms with van der Waals surface area (Å²) in [5, 5.41) is 6.09. The SMILES string of the molecule is Cc1ccc(Br)cc1NCC(=O)NCC1CC1. The Balaban J connectivity index is 1.79. The molecule has 1 aromatic carbocycles. The van der Waals surface area contributed by atoms with Gasteiger partial charge in [-0.1, -0.05) is 22.0 Å². The molecular formula is C13H17BrN2O. The lowest BCUT2D eigenvalue weighted by atomic mass is 10.2. The molecule has 0 aromatic heterocycles. The third-order valence-corrected chi connectivity index (χ3v) is 3.42. The summed E-state index contributed by atoms with van der Waals surface area (Å²) in [7, 11) is 0. The Morgan fingerprint density at radius 3 is 2.94 bits per heavy atom. The Kier molecular flexibility index (Phi) is 4.05. The number of nitrogens with one attached hydrogen (secondary N) is 2. The maximum absolute atomic E-state index is 11.6. The molecule has 92 valence electrons. The summed E-state index contributed by atoms with van der Waals surface area (Å²) in [5.74, 6) is 0.794. The minimum absolute atomic E-state index is 0.0660. The lowest BCUT2D eigenvalue weighted by Gasteiger charge is -2.10. The van der Waals surface area contributed by atoms with Crippen molar-refractivity contribution < 1.29 is 4.79 Å². The van der Waals surface area contributed by atoms with Crippen molar-refractivity contribution >= 4 is 27.5 Å². The van der Waals surface area contributed by atoms with Crippen LogP contribution in [0.2, 0.25) is 0 Å². The molecule has 1 aliphatic rings. The van der Waals surface area contributed by atoms with Crippen molar-refractivity contribution in [2.45, 2.75) is 19.8 Å². The van der Waals surface area contributed by atoms with Gasteiger partial charge in [-0.25, -0.2) is 0 Å². The zero-order valence-electron chi connectivity index (χ0n) is 9.92. The third-order valence-electron chi connectivity index (χ3n) is 2.92. The van der Waals surface area contributed by atoms with Gasteiger partial charge in [0.05, 0.1) is 6.54 Å². The van der Waals surface area contributed by atoms with Gasteiger partial charge >= 0.3 is 0 Å². The van der Waals surface area contributed by atoms with E-state index in [1.807, 2.05) is 25.1 Å². The number of halogens is 1. The quantitative estimate of drug-likeness (QED) is 0.877. The predicted molar refractivity (Wildman–Crippen MR) is 73.1 cm³/mol. The molecule has 0 saturated heterocycles. The highest BCUT2D eigenvalue weighted by Gasteiger charge is 2.21. The summed E-state index contributed by atoms with van der Waals surface area (Å²) < 4.78 is 1.02. The van der Waals surface area contributed by atoms with Crippen LogP contribution in [0.4, 0.5) is 5.69 Å². The Bertz CT molecular complexity index is 416. The number of rotatable bonds is 5. The Morgan fingerprint density at radius 1 is 1.47 bits per heavy atom. The van der Waals surface area contributed by atoms with E-state index in [2.05, 4.69) is 26.6 Å². The highest BCUT2D eigenvalue weighted by molar-refractivity contribution is 9.10. The number of carbonyl (C=O) groups excluding carboxylic acids is 1. The smallest absolute Gasteiger partial charge is 0.239 e. The van der Waals surface area contributed by atoms with Crippen LogP contribution < -0.4 is 10.6 Å². The van der Waals surface area contributed by atoms with E-state index in [9.17, 15) is 4.79 Å². The summed E-state index contributed by atoms with van der Waals surface area (Å²) in [4.78, 5) is 11.6. The monoisotopic (exact) mass is 296 g/mol. The molecule has 0 spiro atoms. The fraction of sp³-hybridized carbons (Fsp3) is 0.462. The average Bonchev–Trinajstić information content (AvgIpc) is 3.11. The summed E-state index contributed by atoms with van der Waals surface area (Å²) in [6.45, 7) is 3.19. The van der Waals surface area contributed by atoms with E-state index in [1.54, 1.807) is 0 Å². The molecule has 1 fully saturated rings. The van der Waals surface area contributed by atoms with E-state index < -0.39 is 0 Å². The van der Waals surface area contributed by atoms with Crippen molar-refractivity contribution in [3.8, 4) is 0 Å². The van der Waals surface area contributed by atoms with E-state index in [1.165, 1.54) is 12.8 Å². The molecular weight excluding hydrogens is 280 g/mol. The second-order valence-corrected chi connectivity index (χ2v) is 5.48. The standard InChI is InChI=1S/C13H17BrN2O/c1-9-2-5-11(14)6-12(9)15-8-13(17)16-7-10-3-4-10/h2,5-6,10,15H,3-4,7-8H2,1H3,(H,16,17).